The first-order chi connectivity index (χ1) is 15.7. The predicted octanol–water partition coefficient (Wildman–Crippen LogP) is 3.38. The third-order valence-corrected chi connectivity index (χ3v) is 7.63. The maximum absolute atomic E-state index is 12.6. The Morgan fingerprint density at radius 2 is 1.76 bits per heavy atom. The van der Waals surface area contributed by atoms with Gasteiger partial charge in [0.25, 0.3) is 5.56 Å². The number of anilines is 1. The molecule has 0 saturated carbocycles. The molecule has 3 rings (SSSR count). The van der Waals surface area contributed by atoms with Crippen LogP contribution in [0.25, 0.3) is 10.9 Å². The topological polar surface area (TPSA) is 97.7 Å². The molecule has 0 saturated heterocycles. The van der Waals surface area contributed by atoms with Crippen molar-refractivity contribution in [3.8, 4) is 5.75 Å². The van der Waals surface area contributed by atoms with Crippen molar-refractivity contribution in [1.82, 2.24) is 8.87 Å². The number of hydrogen-bond donors (Lipinski definition) is 1. The summed E-state index contributed by atoms with van der Waals surface area (Å²) < 4.78 is 33.6. The number of aromatic nitrogens is 1. The minimum absolute atomic E-state index is 0.0651. The number of nitrogens with zero attached hydrogens (tertiary/aromatic N) is 2. The van der Waals surface area contributed by atoms with E-state index < -0.39 is 10.0 Å². The number of aryl methyl sites for hydroxylation is 2. The van der Waals surface area contributed by atoms with Gasteiger partial charge in [0.05, 0.1) is 17.5 Å². The number of ether oxygens (including phenoxy) is 1. The summed E-state index contributed by atoms with van der Waals surface area (Å²) in [5, 5.41) is 3.65. The van der Waals surface area contributed by atoms with E-state index in [2.05, 4.69) is 5.32 Å². The van der Waals surface area contributed by atoms with Crippen molar-refractivity contribution in [2.24, 2.45) is 0 Å². The molecule has 1 heterocycles. The lowest BCUT2D eigenvalue weighted by atomic mass is 10.1. The van der Waals surface area contributed by atoms with Crippen LogP contribution in [0.5, 0.6) is 5.75 Å². The van der Waals surface area contributed by atoms with Gasteiger partial charge in [0.15, 0.2) is 0 Å². The third kappa shape index (κ3) is 5.09. The summed E-state index contributed by atoms with van der Waals surface area (Å²) in [5.41, 5.74) is 1.78. The van der Waals surface area contributed by atoms with Gasteiger partial charge in [-0.1, -0.05) is 26.0 Å². The van der Waals surface area contributed by atoms with Gasteiger partial charge in [-0.3, -0.25) is 9.59 Å². The minimum Gasteiger partial charge on any atom is -0.495 e. The van der Waals surface area contributed by atoms with Crippen molar-refractivity contribution >= 4 is 32.5 Å². The van der Waals surface area contributed by atoms with Gasteiger partial charge in [-0.05, 0) is 42.8 Å². The number of hydrogen-bond acceptors (Lipinski definition) is 5. The number of carbonyl (C=O) groups excluding carboxylic acids is 1. The highest BCUT2D eigenvalue weighted by Crippen LogP contribution is 2.26. The first-order valence-corrected chi connectivity index (χ1v) is 12.2. The third-order valence-electron chi connectivity index (χ3n) is 5.56. The van der Waals surface area contributed by atoms with E-state index >= 15 is 0 Å². The van der Waals surface area contributed by atoms with Gasteiger partial charge in [0.1, 0.15) is 5.75 Å². The molecule has 0 aliphatic heterocycles. The van der Waals surface area contributed by atoms with Crippen LogP contribution in [0, 0.1) is 6.92 Å². The Morgan fingerprint density at radius 1 is 1.09 bits per heavy atom. The average molecular weight is 472 g/mol. The fourth-order valence-electron chi connectivity index (χ4n) is 3.82. The van der Waals surface area contributed by atoms with Crippen LogP contribution >= 0.6 is 0 Å². The summed E-state index contributed by atoms with van der Waals surface area (Å²) in [4.78, 5) is 25.4. The predicted molar refractivity (Wildman–Crippen MR) is 129 cm³/mol. The molecule has 9 heteroatoms. The Kier molecular flexibility index (Phi) is 7.55. The number of benzene rings is 2. The van der Waals surface area contributed by atoms with E-state index in [1.165, 1.54) is 16.4 Å². The monoisotopic (exact) mass is 471 g/mol. The summed E-state index contributed by atoms with van der Waals surface area (Å²) in [7, 11) is -2.01. The van der Waals surface area contributed by atoms with Gasteiger partial charge in [0, 0.05) is 43.2 Å². The molecule has 1 amide bonds. The molecule has 0 unspecified atom stereocenters. The number of para-hydroxylation sites is 1. The second-order valence-corrected chi connectivity index (χ2v) is 9.52. The number of rotatable bonds is 9. The first kappa shape index (κ1) is 24.5. The fraction of sp³-hybridized carbons (Fsp3) is 0.333. The lowest BCUT2D eigenvalue weighted by molar-refractivity contribution is -0.116. The van der Waals surface area contributed by atoms with Gasteiger partial charge < -0.3 is 14.6 Å². The number of amides is 1. The Balaban J connectivity index is 1.76. The standard InChI is InChI=1S/C24H29N3O5S/c1-5-26(6-2)33(30,31)19-12-10-18(11-13-19)25-22(28)14-15-27-23(29)16-17(3)20-8-7-9-21(32-4)24(20)27/h7-13,16H,5-6,14-15H2,1-4H3,(H,25,28). The van der Waals surface area contributed by atoms with E-state index in [4.69, 9.17) is 4.74 Å². The van der Waals surface area contributed by atoms with Crippen LogP contribution in [0.1, 0.15) is 25.8 Å². The molecule has 0 spiro atoms. The quantitative estimate of drug-likeness (QED) is 0.516. The molecule has 0 aliphatic rings. The summed E-state index contributed by atoms with van der Waals surface area (Å²) >= 11 is 0. The number of nitrogens with one attached hydrogen (secondary N) is 1. The molecule has 0 fully saturated rings. The van der Waals surface area contributed by atoms with E-state index in [9.17, 15) is 18.0 Å². The molecule has 8 nitrogen and oxygen atoms in total. The maximum atomic E-state index is 12.6. The molecule has 0 atom stereocenters. The second-order valence-electron chi connectivity index (χ2n) is 7.59. The van der Waals surface area contributed by atoms with E-state index in [0.717, 1.165) is 10.9 Å². The highest BCUT2D eigenvalue weighted by Gasteiger charge is 2.21. The summed E-state index contributed by atoms with van der Waals surface area (Å²) in [5.74, 6) is 0.281. The zero-order valence-corrected chi connectivity index (χ0v) is 20.1. The molecule has 1 aromatic heterocycles. The van der Waals surface area contributed by atoms with Gasteiger partial charge in [-0.25, -0.2) is 8.42 Å². The lowest BCUT2D eigenvalue weighted by Crippen LogP contribution is -2.30. The number of pyridine rings is 1. The van der Waals surface area contributed by atoms with Crippen molar-refractivity contribution in [2.75, 3.05) is 25.5 Å². The largest absolute Gasteiger partial charge is 0.495 e. The highest BCUT2D eigenvalue weighted by molar-refractivity contribution is 7.89. The van der Waals surface area contributed by atoms with Crippen molar-refractivity contribution in [3.05, 3.63) is 64.4 Å². The molecule has 0 bridgehead atoms. The maximum Gasteiger partial charge on any atom is 0.251 e. The van der Waals surface area contributed by atoms with E-state index in [0.29, 0.717) is 30.0 Å². The first-order valence-electron chi connectivity index (χ1n) is 10.8. The summed E-state index contributed by atoms with van der Waals surface area (Å²) in [6.45, 7) is 6.38. The van der Waals surface area contributed by atoms with Crippen molar-refractivity contribution in [1.29, 1.82) is 0 Å². The zero-order valence-electron chi connectivity index (χ0n) is 19.3. The molecule has 2 aromatic carbocycles. The van der Waals surface area contributed by atoms with E-state index in [1.807, 2.05) is 19.1 Å². The van der Waals surface area contributed by atoms with Gasteiger partial charge >= 0.3 is 0 Å². The molecule has 0 radical (unpaired) electrons. The summed E-state index contributed by atoms with van der Waals surface area (Å²) in [6, 6.07) is 13.2. The molecule has 33 heavy (non-hydrogen) atoms. The van der Waals surface area contributed by atoms with Gasteiger partial charge in [-0.2, -0.15) is 4.31 Å². The van der Waals surface area contributed by atoms with Crippen LogP contribution in [-0.2, 0) is 21.4 Å². The lowest BCUT2D eigenvalue weighted by Gasteiger charge is -2.18. The Labute approximate surface area is 193 Å². The normalized spacial score (nSPS) is 11.7. The van der Waals surface area contributed by atoms with Crippen LogP contribution in [0.3, 0.4) is 0 Å². The Bertz CT molecular complexity index is 1310. The smallest absolute Gasteiger partial charge is 0.251 e. The Hall–Kier alpha value is -3.17. The molecule has 3 aromatic rings. The highest BCUT2D eigenvalue weighted by atomic mass is 32.2. The van der Waals surface area contributed by atoms with Crippen molar-refractivity contribution in [3.63, 3.8) is 0 Å². The number of sulfonamides is 1. The fourth-order valence-corrected chi connectivity index (χ4v) is 5.27. The molecular formula is C24H29N3O5S. The number of carbonyl (C=O) groups is 1. The molecule has 1 N–H and O–H groups in total. The van der Waals surface area contributed by atoms with Crippen LogP contribution < -0.4 is 15.6 Å². The van der Waals surface area contributed by atoms with Gasteiger partial charge in [-0.15, -0.1) is 0 Å². The van der Waals surface area contributed by atoms with E-state index in [-0.39, 0.29) is 29.3 Å². The molecule has 0 aliphatic carbocycles. The average Bonchev–Trinajstić information content (AvgIpc) is 2.79. The Morgan fingerprint density at radius 3 is 2.36 bits per heavy atom. The van der Waals surface area contributed by atoms with Crippen LogP contribution in [-0.4, -0.2) is 43.4 Å². The molecular weight excluding hydrogens is 442 g/mol. The van der Waals surface area contributed by atoms with Gasteiger partial charge in [0.2, 0.25) is 15.9 Å². The SMILES string of the molecule is CCN(CC)S(=O)(=O)c1ccc(NC(=O)CCn2c(=O)cc(C)c3cccc(OC)c32)cc1. The minimum atomic E-state index is -3.56. The summed E-state index contributed by atoms with van der Waals surface area (Å²) in [6.07, 6.45) is 0.0651. The molecule has 176 valence electrons. The number of methoxy groups -OCH3 is 1. The van der Waals surface area contributed by atoms with Crippen LogP contribution in [0.4, 0.5) is 5.69 Å². The second kappa shape index (κ2) is 10.2. The number of fused-ring (bicyclic) bond motifs is 1. The zero-order chi connectivity index (χ0) is 24.2. The van der Waals surface area contributed by atoms with Crippen LogP contribution in [0.15, 0.2) is 58.2 Å². The van der Waals surface area contributed by atoms with Crippen molar-refractivity contribution < 1.29 is 17.9 Å². The van der Waals surface area contributed by atoms with E-state index in [1.54, 1.807) is 49.8 Å². The van der Waals surface area contributed by atoms with Crippen molar-refractivity contribution in [2.45, 2.75) is 38.6 Å². The van der Waals surface area contributed by atoms with Crippen LogP contribution in [0.2, 0.25) is 0 Å².